The Morgan fingerprint density at radius 2 is 2.00 bits per heavy atom. The molecule has 2 aromatic rings. The standard InChI is InChI=1S/C26H32N2O3/c1-4-24(29)28-13-12-20-10-11-22(31-18(3)26(30)27-16-19-8-9-19)15-23(20)25(28)21-7-5-6-17(2)14-21/h5-7,10-11,14-15,18-19,25H,4,8-9,12-13,16H2,1-3H3,(H,27,30). The number of hydrogen-bond donors (Lipinski definition) is 1. The third kappa shape index (κ3) is 4.92. The molecule has 1 heterocycles. The summed E-state index contributed by atoms with van der Waals surface area (Å²) in [6.45, 7) is 7.21. The Kier molecular flexibility index (Phi) is 6.30. The normalized spacial score (nSPS) is 18.8. The van der Waals surface area contributed by atoms with Crippen LogP contribution in [-0.4, -0.2) is 35.9 Å². The van der Waals surface area contributed by atoms with Gasteiger partial charge in [0.1, 0.15) is 5.75 Å². The maximum Gasteiger partial charge on any atom is 0.260 e. The highest BCUT2D eigenvalue weighted by Crippen LogP contribution is 2.38. The average molecular weight is 421 g/mol. The Hall–Kier alpha value is -2.82. The van der Waals surface area contributed by atoms with Gasteiger partial charge < -0.3 is 15.0 Å². The molecule has 2 unspecified atom stereocenters. The number of amides is 2. The number of nitrogens with one attached hydrogen (secondary N) is 1. The second kappa shape index (κ2) is 9.13. The lowest BCUT2D eigenvalue weighted by molar-refractivity contribution is -0.133. The topological polar surface area (TPSA) is 58.6 Å². The molecule has 0 saturated heterocycles. The molecule has 5 heteroatoms. The van der Waals surface area contributed by atoms with Crippen LogP contribution >= 0.6 is 0 Å². The van der Waals surface area contributed by atoms with E-state index in [0.29, 0.717) is 24.6 Å². The lowest BCUT2D eigenvalue weighted by Crippen LogP contribution is -2.40. The van der Waals surface area contributed by atoms with Crippen molar-refractivity contribution in [2.45, 2.75) is 58.6 Å². The van der Waals surface area contributed by atoms with Crippen LogP contribution in [0.3, 0.4) is 0 Å². The summed E-state index contributed by atoms with van der Waals surface area (Å²) in [7, 11) is 0. The average Bonchev–Trinajstić information content (AvgIpc) is 3.60. The van der Waals surface area contributed by atoms with Crippen molar-refractivity contribution in [2.75, 3.05) is 13.1 Å². The molecule has 1 aliphatic heterocycles. The van der Waals surface area contributed by atoms with Crippen LogP contribution in [0.2, 0.25) is 0 Å². The molecule has 0 radical (unpaired) electrons. The Morgan fingerprint density at radius 1 is 1.19 bits per heavy atom. The molecule has 1 saturated carbocycles. The molecule has 1 N–H and O–H groups in total. The molecule has 0 bridgehead atoms. The van der Waals surface area contributed by atoms with E-state index in [1.165, 1.54) is 24.0 Å². The number of ether oxygens (including phenoxy) is 1. The van der Waals surface area contributed by atoms with Gasteiger partial charge in [0.15, 0.2) is 6.10 Å². The van der Waals surface area contributed by atoms with Crippen LogP contribution in [0.25, 0.3) is 0 Å². The van der Waals surface area contributed by atoms with Gasteiger partial charge in [-0.2, -0.15) is 0 Å². The number of benzene rings is 2. The van der Waals surface area contributed by atoms with E-state index in [1.807, 2.05) is 30.0 Å². The number of nitrogens with zero attached hydrogens (tertiary/aromatic N) is 1. The van der Waals surface area contributed by atoms with Crippen LogP contribution in [-0.2, 0) is 16.0 Å². The molecule has 1 fully saturated rings. The zero-order valence-corrected chi connectivity index (χ0v) is 18.7. The van der Waals surface area contributed by atoms with E-state index in [2.05, 4.69) is 36.5 Å². The highest BCUT2D eigenvalue weighted by molar-refractivity contribution is 5.80. The first-order valence-electron chi connectivity index (χ1n) is 11.4. The van der Waals surface area contributed by atoms with Crippen LogP contribution in [0, 0.1) is 12.8 Å². The predicted octanol–water partition coefficient (Wildman–Crippen LogP) is 4.17. The van der Waals surface area contributed by atoms with E-state index >= 15 is 0 Å². The zero-order valence-electron chi connectivity index (χ0n) is 18.7. The van der Waals surface area contributed by atoms with Crippen LogP contribution in [0.1, 0.15) is 61.4 Å². The Labute approximate surface area is 184 Å². The molecule has 2 atom stereocenters. The van der Waals surface area contributed by atoms with Gasteiger partial charge in [0, 0.05) is 19.5 Å². The summed E-state index contributed by atoms with van der Waals surface area (Å²) in [4.78, 5) is 27.1. The fraction of sp³-hybridized carbons (Fsp3) is 0.462. The largest absolute Gasteiger partial charge is 0.481 e. The van der Waals surface area contributed by atoms with Crippen molar-refractivity contribution in [1.29, 1.82) is 0 Å². The predicted molar refractivity (Wildman–Crippen MR) is 121 cm³/mol. The summed E-state index contributed by atoms with van der Waals surface area (Å²) in [5.41, 5.74) is 4.59. The first kappa shape index (κ1) is 21.4. The summed E-state index contributed by atoms with van der Waals surface area (Å²) in [6.07, 6.45) is 3.14. The van der Waals surface area contributed by atoms with E-state index in [1.54, 1.807) is 6.92 Å². The lowest BCUT2D eigenvalue weighted by Gasteiger charge is -2.38. The minimum atomic E-state index is -0.564. The molecule has 31 heavy (non-hydrogen) atoms. The number of rotatable bonds is 7. The summed E-state index contributed by atoms with van der Waals surface area (Å²) >= 11 is 0. The summed E-state index contributed by atoms with van der Waals surface area (Å²) < 4.78 is 6.01. The monoisotopic (exact) mass is 420 g/mol. The summed E-state index contributed by atoms with van der Waals surface area (Å²) in [6, 6.07) is 14.2. The Bertz CT molecular complexity index is 967. The number of hydrogen-bond acceptors (Lipinski definition) is 3. The maximum absolute atomic E-state index is 12.8. The third-order valence-corrected chi connectivity index (χ3v) is 6.27. The summed E-state index contributed by atoms with van der Waals surface area (Å²) in [5.74, 6) is 1.37. The summed E-state index contributed by atoms with van der Waals surface area (Å²) in [5, 5.41) is 2.98. The quantitative estimate of drug-likeness (QED) is 0.731. The second-order valence-electron chi connectivity index (χ2n) is 8.82. The molecule has 0 aromatic heterocycles. The van der Waals surface area contributed by atoms with Crippen molar-refractivity contribution < 1.29 is 14.3 Å². The highest BCUT2D eigenvalue weighted by Gasteiger charge is 2.32. The van der Waals surface area contributed by atoms with Gasteiger partial charge >= 0.3 is 0 Å². The number of aryl methyl sites for hydroxylation is 1. The molecular weight excluding hydrogens is 388 g/mol. The SMILES string of the molecule is CCC(=O)N1CCc2ccc(OC(C)C(=O)NCC3CC3)cc2C1c1cccc(C)c1. The highest BCUT2D eigenvalue weighted by atomic mass is 16.5. The van der Waals surface area contributed by atoms with Crippen molar-refractivity contribution in [3.05, 3.63) is 64.7 Å². The van der Waals surface area contributed by atoms with Gasteiger partial charge in [-0.3, -0.25) is 9.59 Å². The zero-order chi connectivity index (χ0) is 22.0. The van der Waals surface area contributed by atoms with Crippen LogP contribution < -0.4 is 10.1 Å². The second-order valence-corrected chi connectivity index (χ2v) is 8.82. The van der Waals surface area contributed by atoms with Gasteiger partial charge in [-0.15, -0.1) is 0 Å². The van der Waals surface area contributed by atoms with E-state index in [0.717, 1.165) is 24.1 Å². The van der Waals surface area contributed by atoms with Gasteiger partial charge in [-0.25, -0.2) is 0 Å². The van der Waals surface area contributed by atoms with Gasteiger partial charge in [0.2, 0.25) is 5.91 Å². The van der Waals surface area contributed by atoms with Gasteiger partial charge in [-0.1, -0.05) is 42.8 Å². The van der Waals surface area contributed by atoms with Gasteiger partial charge in [-0.05, 0) is 67.9 Å². The van der Waals surface area contributed by atoms with Crippen molar-refractivity contribution >= 4 is 11.8 Å². The minimum Gasteiger partial charge on any atom is -0.481 e. The van der Waals surface area contributed by atoms with Gasteiger partial charge in [0.05, 0.1) is 6.04 Å². The maximum atomic E-state index is 12.8. The lowest BCUT2D eigenvalue weighted by atomic mass is 9.87. The Balaban J connectivity index is 1.61. The van der Waals surface area contributed by atoms with Crippen LogP contribution in [0.4, 0.5) is 0 Å². The fourth-order valence-corrected chi connectivity index (χ4v) is 4.31. The van der Waals surface area contributed by atoms with E-state index in [4.69, 9.17) is 4.74 Å². The molecule has 0 spiro atoms. The van der Waals surface area contributed by atoms with Gasteiger partial charge in [0.25, 0.3) is 5.91 Å². The molecule has 2 aromatic carbocycles. The molecule has 1 aliphatic carbocycles. The van der Waals surface area contributed by atoms with Crippen molar-refractivity contribution in [1.82, 2.24) is 10.2 Å². The molecule has 5 nitrogen and oxygen atoms in total. The molecule has 4 rings (SSSR count). The molecule has 2 aliphatic rings. The van der Waals surface area contributed by atoms with Crippen molar-refractivity contribution in [3.8, 4) is 5.75 Å². The van der Waals surface area contributed by atoms with E-state index in [9.17, 15) is 9.59 Å². The smallest absolute Gasteiger partial charge is 0.260 e. The van der Waals surface area contributed by atoms with Crippen LogP contribution in [0.5, 0.6) is 5.75 Å². The number of carbonyl (C=O) groups excluding carboxylic acids is 2. The molecular formula is C26H32N2O3. The number of carbonyl (C=O) groups is 2. The number of fused-ring (bicyclic) bond motifs is 1. The first-order valence-corrected chi connectivity index (χ1v) is 11.4. The third-order valence-electron chi connectivity index (χ3n) is 6.27. The minimum absolute atomic E-state index is 0.0809. The fourth-order valence-electron chi connectivity index (χ4n) is 4.31. The van der Waals surface area contributed by atoms with Crippen molar-refractivity contribution in [3.63, 3.8) is 0 Å². The van der Waals surface area contributed by atoms with E-state index < -0.39 is 6.10 Å². The Morgan fingerprint density at radius 3 is 2.71 bits per heavy atom. The van der Waals surface area contributed by atoms with Crippen molar-refractivity contribution in [2.24, 2.45) is 5.92 Å². The molecule has 2 amide bonds. The van der Waals surface area contributed by atoms with Crippen LogP contribution in [0.15, 0.2) is 42.5 Å². The first-order chi connectivity index (χ1) is 15.0. The van der Waals surface area contributed by atoms with E-state index in [-0.39, 0.29) is 17.9 Å². The molecule has 164 valence electrons.